The van der Waals surface area contributed by atoms with Crippen LogP contribution in [-0.4, -0.2) is 30.4 Å². The number of rotatable bonds is 9. The van der Waals surface area contributed by atoms with Gasteiger partial charge in [0.05, 0.1) is 21.8 Å². The van der Waals surface area contributed by atoms with E-state index in [1.165, 1.54) is 0 Å². The first-order valence-corrected chi connectivity index (χ1v) is 15.1. The molecule has 0 aliphatic heterocycles. The summed E-state index contributed by atoms with van der Waals surface area (Å²) < 4.78 is 9.36. The quantitative estimate of drug-likeness (QED) is 0.173. The fraction of sp³-hybridized carbons (Fsp3) is 0.323. The number of thioether (sulfide) groups is 1. The number of fused-ring (bicyclic) bond motifs is 2. The molecule has 0 atom stereocenters. The van der Waals surface area contributed by atoms with Crippen molar-refractivity contribution in [1.29, 1.82) is 0 Å². The molecule has 0 aliphatic rings. The van der Waals surface area contributed by atoms with Crippen LogP contribution in [0.25, 0.3) is 21.3 Å². The summed E-state index contributed by atoms with van der Waals surface area (Å²) in [6.07, 6.45) is 2.10. The predicted molar refractivity (Wildman–Crippen MR) is 165 cm³/mol. The molecule has 0 unspecified atom stereocenters. The second kappa shape index (κ2) is 11.1. The first-order valence-electron chi connectivity index (χ1n) is 13.0. The average molecular weight is 594 g/mol. The Morgan fingerprint density at radius 1 is 1.10 bits per heavy atom. The molecule has 0 aliphatic carbocycles. The van der Waals surface area contributed by atoms with Crippen molar-refractivity contribution in [3.05, 3.63) is 82.1 Å². The van der Waals surface area contributed by atoms with E-state index in [0.29, 0.717) is 30.3 Å². The number of para-hydroxylation sites is 1. The molecule has 9 heteroatoms. The topological polar surface area (TPSA) is 77.2 Å². The van der Waals surface area contributed by atoms with Crippen LogP contribution in [0.2, 0.25) is 5.02 Å². The van der Waals surface area contributed by atoms with E-state index in [1.807, 2.05) is 48.5 Å². The van der Waals surface area contributed by atoms with Crippen molar-refractivity contribution in [2.45, 2.75) is 63.8 Å². The first-order chi connectivity index (χ1) is 18.9. The average Bonchev–Trinajstić information content (AvgIpc) is 3.42. The Hall–Kier alpha value is -3.07. The van der Waals surface area contributed by atoms with Crippen LogP contribution in [-0.2, 0) is 24.4 Å². The zero-order valence-corrected chi connectivity index (χ0v) is 25.6. The van der Waals surface area contributed by atoms with Crippen molar-refractivity contribution < 1.29 is 14.6 Å². The van der Waals surface area contributed by atoms with Crippen LogP contribution in [0.1, 0.15) is 50.9 Å². The summed E-state index contributed by atoms with van der Waals surface area (Å²) in [7, 11) is 0. The summed E-state index contributed by atoms with van der Waals surface area (Å²) in [6, 6.07) is 17.8. The number of aliphatic carboxylic acids is 1. The summed E-state index contributed by atoms with van der Waals surface area (Å²) in [5.74, 6) is -0.189. The Balaban J connectivity index is 1.59. The number of benzene rings is 2. The first kappa shape index (κ1) is 28.5. The Morgan fingerprint density at radius 3 is 2.50 bits per heavy atom. The molecule has 0 saturated carbocycles. The highest BCUT2D eigenvalue weighted by atomic mass is 35.5. The lowest BCUT2D eigenvalue weighted by Gasteiger charge is -2.24. The van der Waals surface area contributed by atoms with Gasteiger partial charge in [-0.1, -0.05) is 56.6 Å². The summed E-state index contributed by atoms with van der Waals surface area (Å²) >= 11 is 9.50. The number of nitrogens with zero attached hydrogens (tertiary/aromatic N) is 3. The number of hydrogen-bond acceptors (Lipinski definition) is 6. The predicted octanol–water partition coefficient (Wildman–Crippen LogP) is 8.47. The number of carboxylic acid groups (broad SMARTS) is 1. The highest BCUT2D eigenvalue weighted by Gasteiger charge is 2.33. The van der Waals surface area contributed by atoms with Gasteiger partial charge < -0.3 is 14.4 Å². The second-order valence-electron chi connectivity index (χ2n) is 11.5. The van der Waals surface area contributed by atoms with Gasteiger partial charge in [-0.2, -0.15) is 0 Å². The summed E-state index contributed by atoms with van der Waals surface area (Å²) in [5.41, 5.74) is 2.80. The van der Waals surface area contributed by atoms with E-state index in [9.17, 15) is 9.90 Å². The van der Waals surface area contributed by atoms with Crippen LogP contribution in [0.4, 0.5) is 0 Å². The fourth-order valence-corrected chi connectivity index (χ4v) is 6.64. The van der Waals surface area contributed by atoms with Gasteiger partial charge in [-0.05, 0) is 49.7 Å². The van der Waals surface area contributed by atoms with Gasteiger partial charge in [-0.25, -0.2) is 9.97 Å². The van der Waals surface area contributed by atoms with Gasteiger partial charge in [0.2, 0.25) is 0 Å². The van der Waals surface area contributed by atoms with E-state index >= 15 is 0 Å². The minimum absolute atomic E-state index is 0.112. The van der Waals surface area contributed by atoms with Crippen LogP contribution in [0.15, 0.2) is 65.7 Å². The van der Waals surface area contributed by atoms with E-state index in [0.717, 1.165) is 42.4 Å². The number of carboxylic acids is 1. The van der Waals surface area contributed by atoms with Gasteiger partial charge in [-0.3, -0.25) is 4.79 Å². The normalized spacial score (nSPS) is 12.3. The number of ether oxygens (including phenoxy) is 1. The lowest BCUT2D eigenvalue weighted by Crippen LogP contribution is -2.28. The highest BCUT2D eigenvalue weighted by molar-refractivity contribution is 8.00. The van der Waals surface area contributed by atoms with Crippen LogP contribution in [0, 0.1) is 5.41 Å². The minimum atomic E-state index is -0.967. The largest absolute Gasteiger partial charge is 0.485 e. The third-order valence-electron chi connectivity index (χ3n) is 6.48. The molecule has 0 amide bonds. The Labute approximate surface area is 247 Å². The molecule has 5 aromatic rings. The molecule has 3 aromatic heterocycles. The Kier molecular flexibility index (Phi) is 7.88. The molecule has 40 heavy (non-hydrogen) atoms. The van der Waals surface area contributed by atoms with Crippen molar-refractivity contribution in [2.75, 3.05) is 0 Å². The molecule has 5 rings (SSSR count). The van der Waals surface area contributed by atoms with Crippen molar-refractivity contribution in [3.8, 4) is 5.75 Å². The molecular weight excluding hydrogens is 562 g/mol. The van der Waals surface area contributed by atoms with E-state index in [2.05, 4.69) is 36.4 Å². The third-order valence-corrected chi connectivity index (χ3v) is 9.01. The van der Waals surface area contributed by atoms with Crippen LogP contribution < -0.4 is 4.74 Å². The molecule has 0 bridgehead atoms. The van der Waals surface area contributed by atoms with Crippen LogP contribution in [0.3, 0.4) is 0 Å². The summed E-state index contributed by atoms with van der Waals surface area (Å²) in [6.45, 7) is 10.9. The number of carbonyl (C=O) groups is 1. The second-order valence-corrected chi connectivity index (χ2v) is 14.9. The fourth-order valence-electron chi connectivity index (χ4n) is 4.46. The number of halogens is 1. The standard InChI is InChI=1S/C31H32ClN3O3S2/c1-30(2,3)40-27-22-14-21(38-18-26-34-23-8-6-7-9-25(23)39-26)16-33-28(22)35(17-19-10-12-20(32)13-11-19)24(27)15-31(4,5)29(36)37/h6-14,16H,15,17-18H2,1-5H3,(H,36,37). The Morgan fingerprint density at radius 2 is 1.82 bits per heavy atom. The maximum absolute atomic E-state index is 12.2. The lowest BCUT2D eigenvalue weighted by molar-refractivity contribution is -0.146. The summed E-state index contributed by atoms with van der Waals surface area (Å²) in [5, 5.41) is 12.5. The van der Waals surface area contributed by atoms with E-state index < -0.39 is 11.4 Å². The molecule has 0 fully saturated rings. The number of thiazole rings is 1. The molecule has 208 valence electrons. The van der Waals surface area contributed by atoms with Gasteiger partial charge in [0.15, 0.2) is 0 Å². The van der Waals surface area contributed by atoms with Crippen molar-refractivity contribution in [1.82, 2.24) is 14.5 Å². The van der Waals surface area contributed by atoms with E-state index in [-0.39, 0.29) is 4.75 Å². The zero-order chi connectivity index (χ0) is 28.7. The molecule has 2 aromatic carbocycles. The smallest absolute Gasteiger partial charge is 0.309 e. The number of pyridine rings is 1. The molecular formula is C31H32ClN3O3S2. The van der Waals surface area contributed by atoms with E-state index in [1.54, 1.807) is 43.1 Å². The van der Waals surface area contributed by atoms with Crippen molar-refractivity contribution in [2.24, 2.45) is 5.41 Å². The maximum Gasteiger partial charge on any atom is 0.309 e. The van der Waals surface area contributed by atoms with Gasteiger partial charge >= 0.3 is 5.97 Å². The maximum atomic E-state index is 12.2. The van der Waals surface area contributed by atoms with E-state index in [4.69, 9.17) is 21.3 Å². The monoisotopic (exact) mass is 593 g/mol. The lowest BCUT2D eigenvalue weighted by atomic mass is 9.88. The summed E-state index contributed by atoms with van der Waals surface area (Å²) in [4.78, 5) is 22.8. The Bertz CT molecular complexity index is 1650. The van der Waals surface area contributed by atoms with Crippen molar-refractivity contribution in [3.63, 3.8) is 0 Å². The molecule has 0 radical (unpaired) electrons. The molecule has 1 N–H and O–H groups in total. The van der Waals surface area contributed by atoms with Gasteiger partial charge in [0, 0.05) is 38.7 Å². The molecule has 0 spiro atoms. The highest BCUT2D eigenvalue weighted by Crippen LogP contribution is 2.43. The third kappa shape index (κ3) is 6.29. The SMILES string of the molecule is CC(C)(C)Sc1c(CC(C)(C)C(=O)O)n(Cc2ccc(Cl)cc2)c2ncc(OCc3nc4ccccc4s3)cc12. The number of hydrogen-bond donors (Lipinski definition) is 1. The minimum Gasteiger partial charge on any atom is -0.485 e. The van der Waals surface area contributed by atoms with Crippen LogP contribution >= 0.6 is 34.7 Å². The van der Waals surface area contributed by atoms with Crippen LogP contribution in [0.5, 0.6) is 5.75 Å². The molecule has 6 nitrogen and oxygen atoms in total. The zero-order valence-electron chi connectivity index (χ0n) is 23.2. The van der Waals surface area contributed by atoms with Gasteiger partial charge in [0.1, 0.15) is 23.0 Å². The number of aromatic nitrogens is 3. The van der Waals surface area contributed by atoms with Crippen molar-refractivity contribution >= 4 is 61.9 Å². The van der Waals surface area contributed by atoms with Gasteiger partial charge in [0.25, 0.3) is 0 Å². The molecule has 3 heterocycles. The van der Waals surface area contributed by atoms with Gasteiger partial charge in [-0.15, -0.1) is 23.1 Å². The molecule has 0 saturated heterocycles.